The Morgan fingerprint density at radius 2 is 2.10 bits per heavy atom. The van der Waals surface area contributed by atoms with Crippen LogP contribution >= 0.6 is 22.7 Å². The van der Waals surface area contributed by atoms with Crippen molar-refractivity contribution >= 4 is 38.8 Å². The quantitative estimate of drug-likeness (QED) is 0.777. The van der Waals surface area contributed by atoms with E-state index in [0.717, 1.165) is 20.1 Å². The second kappa shape index (κ2) is 5.93. The third kappa shape index (κ3) is 3.12. The number of aromatic nitrogens is 1. The van der Waals surface area contributed by atoms with Crippen LogP contribution in [0.15, 0.2) is 36.4 Å². The summed E-state index contributed by atoms with van der Waals surface area (Å²) in [5.74, 6) is -0.159. The van der Waals surface area contributed by atoms with E-state index in [1.807, 2.05) is 30.3 Å². The van der Waals surface area contributed by atoms with Gasteiger partial charge in [-0.05, 0) is 31.2 Å². The van der Waals surface area contributed by atoms with Gasteiger partial charge in [0.2, 0.25) is 0 Å². The number of aliphatic hydroxyl groups is 1. The van der Waals surface area contributed by atoms with Crippen molar-refractivity contribution in [2.24, 2.45) is 0 Å². The van der Waals surface area contributed by atoms with Crippen molar-refractivity contribution in [2.45, 2.75) is 13.0 Å². The van der Waals surface area contributed by atoms with Gasteiger partial charge in [-0.2, -0.15) is 0 Å². The van der Waals surface area contributed by atoms with Crippen molar-refractivity contribution in [1.82, 2.24) is 10.3 Å². The molecule has 1 amide bonds. The molecule has 0 radical (unpaired) electrons. The van der Waals surface area contributed by atoms with Crippen LogP contribution in [0.2, 0.25) is 0 Å². The number of carbonyl (C=O) groups excluding carboxylic acids is 1. The zero-order valence-corrected chi connectivity index (χ0v) is 13.0. The summed E-state index contributed by atoms with van der Waals surface area (Å²) in [6, 6.07) is 11.7. The number of amides is 1. The van der Waals surface area contributed by atoms with Gasteiger partial charge in [-0.15, -0.1) is 22.7 Å². The first kappa shape index (κ1) is 14.2. The van der Waals surface area contributed by atoms with Crippen LogP contribution in [0, 0.1) is 0 Å². The van der Waals surface area contributed by atoms with E-state index in [2.05, 4.69) is 10.3 Å². The standard InChI is InChI=1S/C15H14N2O2S2/c1-9(18)8-16-14(19)12-6-7-13(20-12)15-17-10-4-2-3-5-11(10)21-15/h2-7,9,18H,8H2,1H3,(H,16,19). The maximum Gasteiger partial charge on any atom is 0.261 e. The average Bonchev–Trinajstić information content (AvgIpc) is 3.10. The highest BCUT2D eigenvalue weighted by Gasteiger charge is 2.13. The van der Waals surface area contributed by atoms with E-state index in [1.165, 1.54) is 11.3 Å². The van der Waals surface area contributed by atoms with Crippen LogP contribution in [0.25, 0.3) is 20.1 Å². The lowest BCUT2D eigenvalue weighted by atomic mass is 10.3. The van der Waals surface area contributed by atoms with Crippen LogP contribution in [-0.4, -0.2) is 28.6 Å². The Hall–Kier alpha value is -1.76. The zero-order chi connectivity index (χ0) is 14.8. The van der Waals surface area contributed by atoms with E-state index in [9.17, 15) is 9.90 Å². The van der Waals surface area contributed by atoms with Crippen molar-refractivity contribution in [1.29, 1.82) is 0 Å². The average molecular weight is 318 g/mol. The van der Waals surface area contributed by atoms with E-state index in [4.69, 9.17) is 0 Å². The molecular formula is C15H14N2O2S2. The van der Waals surface area contributed by atoms with Crippen molar-refractivity contribution in [3.8, 4) is 9.88 Å². The van der Waals surface area contributed by atoms with Crippen LogP contribution in [0.4, 0.5) is 0 Å². The Morgan fingerprint density at radius 1 is 1.29 bits per heavy atom. The molecule has 4 nitrogen and oxygen atoms in total. The van der Waals surface area contributed by atoms with Gasteiger partial charge in [0.05, 0.1) is 26.1 Å². The van der Waals surface area contributed by atoms with Gasteiger partial charge in [0.25, 0.3) is 5.91 Å². The summed E-state index contributed by atoms with van der Waals surface area (Å²) < 4.78 is 1.14. The summed E-state index contributed by atoms with van der Waals surface area (Å²) in [6.45, 7) is 1.90. The summed E-state index contributed by atoms with van der Waals surface area (Å²) in [4.78, 5) is 18.1. The Balaban J connectivity index is 1.82. The largest absolute Gasteiger partial charge is 0.392 e. The molecule has 0 aliphatic carbocycles. The predicted molar refractivity (Wildman–Crippen MR) is 86.9 cm³/mol. The van der Waals surface area contributed by atoms with Crippen LogP contribution in [0.5, 0.6) is 0 Å². The number of nitrogens with zero attached hydrogens (tertiary/aromatic N) is 1. The van der Waals surface area contributed by atoms with Gasteiger partial charge in [0.1, 0.15) is 5.01 Å². The first-order valence-corrected chi connectivity index (χ1v) is 8.19. The van der Waals surface area contributed by atoms with Crippen molar-refractivity contribution in [3.63, 3.8) is 0 Å². The fourth-order valence-electron chi connectivity index (χ4n) is 1.88. The molecule has 0 saturated carbocycles. The summed E-state index contributed by atoms with van der Waals surface area (Å²) in [6.07, 6.45) is -0.544. The number of carbonyl (C=O) groups is 1. The third-order valence-corrected chi connectivity index (χ3v) is 5.18. The molecule has 0 saturated heterocycles. The van der Waals surface area contributed by atoms with Gasteiger partial charge in [-0.25, -0.2) is 4.98 Å². The van der Waals surface area contributed by atoms with Gasteiger partial charge in [-0.3, -0.25) is 4.79 Å². The summed E-state index contributed by atoms with van der Waals surface area (Å²) >= 11 is 3.04. The molecule has 2 aromatic heterocycles. The first-order chi connectivity index (χ1) is 10.1. The molecule has 0 aliphatic heterocycles. The molecule has 108 valence electrons. The number of aliphatic hydroxyl groups excluding tert-OH is 1. The van der Waals surface area contributed by atoms with E-state index in [1.54, 1.807) is 24.3 Å². The Morgan fingerprint density at radius 3 is 2.86 bits per heavy atom. The van der Waals surface area contributed by atoms with Gasteiger partial charge in [0.15, 0.2) is 0 Å². The maximum atomic E-state index is 11.9. The molecule has 1 atom stereocenters. The molecular weight excluding hydrogens is 304 g/mol. The molecule has 0 spiro atoms. The normalized spacial score (nSPS) is 12.5. The summed E-state index contributed by atoms with van der Waals surface area (Å²) in [5, 5.41) is 12.8. The molecule has 0 bridgehead atoms. The van der Waals surface area contributed by atoms with E-state index < -0.39 is 6.10 Å². The van der Waals surface area contributed by atoms with Gasteiger partial charge in [0, 0.05) is 6.54 Å². The molecule has 2 N–H and O–H groups in total. The van der Waals surface area contributed by atoms with E-state index in [-0.39, 0.29) is 12.5 Å². The lowest BCUT2D eigenvalue weighted by Gasteiger charge is -2.04. The van der Waals surface area contributed by atoms with Crippen molar-refractivity contribution < 1.29 is 9.90 Å². The number of hydrogen-bond donors (Lipinski definition) is 2. The number of rotatable bonds is 4. The number of nitrogens with one attached hydrogen (secondary N) is 1. The van der Waals surface area contributed by atoms with Crippen LogP contribution in [0.3, 0.4) is 0 Å². The summed E-state index contributed by atoms with van der Waals surface area (Å²) in [5.41, 5.74) is 0.978. The third-order valence-electron chi connectivity index (χ3n) is 2.89. The molecule has 1 unspecified atom stereocenters. The smallest absolute Gasteiger partial charge is 0.261 e. The van der Waals surface area contributed by atoms with Crippen molar-refractivity contribution in [2.75, 3.05) is 6.54 Å². The van der Waals surface area contributed by atoms with Crippen LogP contribution in [0.1, 0.15) is 16.6 Å². The molecule has 21 heavy (non-hydrogen) atoms. The highest BCUT2D eigenvalue weighted by Crippen LogP contribution is 2.34. The number of para-hydroxylation sites is 1. The minimum absolute atomic E-state index is 0.159. The maximum absolute atomic E-state index is 11.9. The highest BCUT2D eigenvalue weighted by molar-refractivity contribution is 7.26. The Kier molecular flexibility index (Phi) is 4.01. The number of benzene rings is 1. The van der Waals surface area contributed by atoms with Crippen LogP contribution in [-0.2, 0) is 0 Å². The van der Waals surface area contributed by atoms with Gasteiger partial charge >= 0.3 is 0 Å². The second-order valence-corrected chi connectivity index (χ2v) is 6.82. The second-order valence-electron chi connectivity index (χ2n) is 4.71. The Labute approximate surface area is 130 Å². The van der Waals surface area contributed by atoms with Crippen molar-refractivity contribution in [3.05, 3.63) is 41.3 Å². The Bertz CT molecular complexity index is 744. The molecule has 0 fully saturated rings. The lowest BCUT2D eigenvalue weighted by Crippen LogP contribution is -2.29. The van der Waals surface area contributed by atoms with E-state index in [0.29, 0.717) is 4.88 Å². The fourth-order valence-corrected chi connectivity index (χ4v) is 3.82. The van der Waals surface area contributed by atoms with Crippen LogP contribution < -0.4 is 5.32 Å². The molecule has 3 rings (SSSR count). The lowest BCUT2D eigenvalue weighted by molar-refractivity contribution is 0.0928. The molecule has 0 aliphatic rings. The minimum Gasteiger partial charge on any atom is -0.392 e. The highest BCUT2D eigenvalue weighted by atomic mass is 32.1. The van der Waals surface area contributed by atoms with E-state index >= 15 is 0 Å². The zero-order valence-electron chi connectivity index (χ0n) is 11.4. The van der Waals surface area contributed by atoms with Gasteiger partial charge < -0.3 is 10.4 Å². The monoisotopic (exact) mass is 318 g/mol. The van der Waals surface area contributed by atoms with Gasteiger partial charge in [-0.1, -0.05) is 12.1 Å². The fraction of sp³-hybridized carbons (Fsp3) is 0.200. The molecule has 3 aromatic rings. The topological polar surface area (TPSA) is 62.2 Å². The number of thiazole rings is 1. The number of thiophene rings is 1. The molecule has 2 heterocycles. The molecule has 6 heteroatoms. The first-order valence-electron chi connectivity index (χ1n) is 6.55. The predicted octanol–water partition coefficient (Wildman–Crippen LogP) is 3.14. The minimum atomic E-state index is -0.544. The number of fused-ring (bicyclic) bond motifs is 1. The number of hydrogen-bond acceptors (Lipinski definition) is 5. The SMILES string of the molecule is CC(O)CNC(=O)c1ccc(-c2nc3ccccc3s2)s1. The molecule has 1 aromatic carbocycles. The summed E-state index contributed by atoms with van der Waals surface area (Å²) in [7, 11) is 0.